The Kier molecular flexibility index (Phi) is 6.11. The fraction of sp³-hybridized carbons (Fsp3) is 0.276. The summed E-state index contributed by atoms with van der Waals surface area (Å²) in [4.78, 5) is 10.0. The van der Waals surface area contributed by atoms with Crippen molar-refractivity contribution in [2.45, 2.75) is 18.9 Å². The van der Waals surface area contributed by atoms with Gasteiger partial charge in [-0.1, -0.05) is 30.3 Å². The highest BCUT2D eigenvalue weighted by atomic mass is 32.1. The Labute approximate surface area is 214 Å². The molecule has 2 aliphatic rings. The number of halogens is 1. The largest absolute Gasteiger partial charge is 0.497 e. The van der Waals surface area contributed by atoms with Gasteiger partial charge in [0.25, 0.3) is 0 Å². The highest BCUT2D eigenvalue weighted by molar-refractivity contribution is 7.23. The molecule has 0 bridgehead atoms. The van der Waals surface area contributed by atoms with Crippen LogP contribution >= 0.6 is 11.3 Å². The predicted molar refractivity (Wildman–Crippen MR) is 147 cm³/mol. The first-order valence-electron chi connectivity index (χ1n) is 12.3. The van der Waals surface area contributed by atoms with Gasteiger partial charge >= 0.3 is 0 Å². The molecule has 1 atom stereocenters. The number of aryl methyl sites for hydroxylation is 1. The van der Waals surface area contributed by atoms with Gasteiger partial charge in [0.2, 0.25) is 0 Å². The molecule has 5 nitrogen and oxygen atoms in total. The van der Waals surface area contributed by atoms with Gasteiger partial charge in [-0.3, -0.25) is 4.90 Å². The van der Waals surface area contributed by atoms with Crippen molar-refractivity contribution in [2.24, 2.45) is 4.99 Å². The van der Waals surface area contributed by atoms with Crippen LogP contribution in [0.1, 0.15) is 17.5 Å². The lowest BCUT2D eigenvalue weighted by Crippen LogP contribution is -2.53. The number of rotatable bonds is 4. The van der Waals surface area contributed by atoms with Crippen LogP contribution < -0.4 is 10.1 Å². The molecule has 36 heavy (non-hydrogen) atoms. The highest BCUT2D eigenvalue weighted by Gasteiger charge is 2.31. The molecule has 1 aromatic heterocycles. The summed E-state index contributed by atoms with van der Waals surface area (Å²) in [5, 5.41) is 5.70. The number of nitrogens with zero attached hydrogens (tertiary/aromatic N) is 3. The number of fused-ring (bicyclic) bond motifs is 4. The van der Waals surface area contributed by atoms with E-state index in [0.717, 1.165) is 60.3 Å². The topological polar surface area (TPSA) is 40.1 Å². The van der Waals surface area contributed by atoms with Gasteiger partial charge in [0.05, 0.1) is 24.0 Å². The number of anilines is 2. The molecule has 1 saturated heterocycles. The summed E-state index contributed by atoms with van der Waals surface area (Å²) in [7, 11) is 3.92. The number of ether oxygens (including phenoxy) is 1. The first-order chi connectivity index (χ1) is 17.6. The zero-order valence-electron chi connectivity index (χ0n) is 20.5. The molecule has 0 radical (unpaired) electrons. The summed E-state index contributed by atoms with van der Waals surface area (Å²) in [6.45, 7) is 2.76. The fourth-order valence-corrected chi connectivity index (χ4v) is 6.27. The molecule has 0 saturated carbocycles. The molecule has 6 rings (SSSR count). The molecule has 1 fully saturated rings. The molecular formula is C29H29FN4OS. The van der Waals surface area contributed by atoms with Gasteiger partial charge in [-0.05, 0) is 61.9 Å². The van der Waals surface area contributed by atoms with E-state index < -0.39 is 0 Å². The van der Waals surface area contributed by atoms with Gasteiger partial charge in [-0.25, -0.2) is 9.38 Å². The Morgan fingerprint density at radius 1 is 1.08 bits per heavy atom. The second-order valence-electron chi connectivity index (χ2n) is 9.49. The minimum Gasteiger partial charge on any atom is -0.497 e. The molecule has 0 spiro atoms. The number of piperazine rings is 1. The van der Waals surface area contributed by atoms with Crippen LogP contribution in [-0.4, -0.2) is 55.5 Å². The van der Waals surface area contributed by atoms with Gasteiger partial charge in [-0.2, -0.15) is 0 Å². The summed E-state index contributed by atoms with van der Waals surface area (Å²) in [6, 6.07) is 22.0. The summed E-state index contributed by atoms with van der Waals surface area (Å²) in [5.74, 6) is 1.60. The standard InChI is InChI=1S/C29H29FN4OS/c1-33-15-16-34(18-21(33)11-7-19-8-12-22(35-2)13-9-19)28-27-23-5-3-4-6-26(23)36-29(27)32-25-17-20(30)10-14-24(25)31-28/h3-6,8-10,12-14,17,21,32H,7,11,15-16,18H2,1-2H3/t21-/m0/s1. The van der Waals surface area contributed by atoms with Crippen LogP contribution in [0.4, 0.5) is 20.8 Å². The summed E-state index contributed by atoms with van der Waals surface area (Å²) in [6.07, 6.45) is 2.07. The third kappa shape index (κ3) is 4.33. The number of hydrogen-bond donors (Lipinski definition) is 1. The smallest absolute Gasteiger partial charge is 0.140 e. The monoisotopic (exact) mass is 500 g/mol. The molecule has 184 valence electrons. The molecule has 3 heterocycles. The van der Waals surface area contributed by atoms with Crippen molar-refractivity contribution in [3.05, 3.63) is 83.7 Å². The van der Waals surface area contributed by atoms with Gasteiger partial charge < -0.3 is 15.0 Å². The molecule has 0 aliphatic carbocycles. The van der Waals surface area contributed by atoms with E-state index in [1.807, 2.05) is 12.1 Å². The lowest BCUT2D eigenvalue weighted by molar-refractivity contribution is 0.134. The normalized spacial score (nSPS) is 17.7. The van der Waals surface area contributed by atoms with Crippen molar-refractivity contribution in [1.82, 2.24) is 9.80 Å². The second kappa shape index (κ2) is 9.56. The molecule has 7 heteroatoms. The van der Waals surface area contributed by atoms with Crippen molar-refractivity contribution in [1.29, 1.82) is 0 Å². The van der Waals surface area contributed by atoms with Crippen molar-refractivity contribution < 1.29 is 9.13 Å². The molecule has 3 aromatic carbocycles. The van der Waals surface area contributed by atoms with Gasteiger partial charge in [-0.15, -0.1) is 11.3 Å². The lowest BCUT2D eigenvalue weighted by atomic mass is 10.0. The number of thiophene rings is 1. The SMILES string of the molecule is COc1ccc(CC[C@H]2CN(C3=Nc4ccc(F)cc4Nc4sc5ccccc5c43)CCN2C)cc1. The van der Waals surface area contributed by atoms with E-state index in [2.05, 4.69) is 58.6 Å². The zero-order valence-corrected chi connectivity index (χ0v) is 21.3. The van der Waals surface area contributed by atoms with Crippen molar-refractivity contribution in [2.75, 3.05) is 39.1 Å². The van der Waals surface area contributed by atoms with E-state index in [-0.39, 0.29) is 5.82 Å². The Hall–Kier alpha value is -3.42. The number of amidine groups is 1. The summed E-state index contributed by atoms with van der Waals surface area (Å²) >= 11 is 1.70. The van der Waals surface area contributed by atoms with Crippen LogP contribution in [0.2, 0.25) is 0 Å². The minimum atomic E-state index is -0.263. The predicted octanol–water partition coefficient (Wildman–Crippen LogP) is 6.43. The first kappa shape index (κ1) is 23.0. The number of hydrogen-bond acceptors (Lipinski definition) is 6. The average molecular weight is 501 g/mol. The van der Waals surface area contributed by atoms with E-state index in [1.165, 1.54) is 27.8 Å². The number of aliphatic imine (C=N–C) groups is 1. The maximum atomic E-state index is 14.1. The minimum absolute atomic E-state index is 0.263. The third-order valence-corrected chi connectivity index (χ3v) is 8.34. The van der Waals surface area contributed by atoms with Crippen LogP contribution in [0.5, 0.6) is 5.75 Å². The fourth-order valence-electron chi connectivity index (χ4n) is 5.16. The average Bonchev–Trinajstić information content (AvgIpc) is 3.17. The quantitative estimate of drug-likeness (QED) is 0.350. The zero-order chi connectivity index (χ0) is 24.6. The molecular weight excluding hydrogens is 471 g/mol. The van der Waals surface area contributed by atoms with Crippen LogP contribution in [-0.2, 0) is 6.42 Å². The van der Waals surface area contributed by atoms with Crippen molar-refractivity contribution in [3.63, 3.8) is 0 Å². The number of nitrogens with one attached hydrogen (secondary N) is 1. The lowest BCUT2D eigenvalue weighted by Gasteiger charge is -2.41. The maximum absolute atomic E-state index is 14.1. The Balaban J connectivity index is 1.33. The van der Waals surface area contributed by atoms with Gasteiger partial charge in [0.15, 0.2) is 0 Å². The van der Waals surface area contributed by atoms with E-state index in [0.29, 0.717) is 11.7 Å². The van der Waals surface area contributed by atoms with E-state index >= 15 is 0 Å². The second-order valence-corrected chi connectivity index (χ2v) is 10.5. The van der Waals surface area contributed by atoms with E-state index in [9.17, 15) is 4.39 Å². The third-order valence-electron chi connectivity index (χ3n) is 7.25. The molecule has 0 amide bonds. The first-order valence-corrected chi connectivity index (χ1v) is 13.2. The highest BCUT2D eigenvalue weighted by Crippen LogP contribution is 2.43. The molecule has 4 aromatic rings. The maximum Gasteiger partial charge on any atom is 0.140 e. The number of likely N-dealkylation sites (N-methyl/N-ethyl adjacent to an activating group) is 1. The van der Waals surface area contributed by atoms with Crippen LogP contribution in [0.3, 0.4) is 0 Å². The number of methoxy groups -OCH3 is 1. The van der Waals surface area contributed by atoms with Gasteiger partial charge in [0.1, 0.15) is 22.4 Å². The van der Waals surface area contributed by atoms with Crippen molar-refractivity contribution >= 4 is 43.6 Å². The summed E-state index contributed by atoms with van der Waals surface area (Å²) < 4.78 is 20.6. The van der Waals surface area contributed by atoms with Crippen LogP contribution in [0, 0.1) is 5.82 Å². The van der Waals surface area contributed by atoms with Crippen molar-refractivity contribution in [3.8, 4) is 5.75 Å². The molecule has 0 unspecified atom stereocenters. The van der Waals surface area contributed by atoms with Gasteiger partial charge in [0, 0.05) is 35.8 Å². The van der Waals surface area contributed by atoms with E-state index in [4.69, 9.17) is 9.73 Å². The Bertz CT molecular complexity index is 1430. The van der Waals surface area contributed by atoms with E-state index in [1.54, 1.807) is 24.5 Å². The Morgan fingerprint density at radius 2 is 1.92 bits per heavy atom. The summed E-state index contributed by atoms with van der Waals surface area (Å²) in [5.41, 5.74) is 3.92. The van der Waals surface area contributed by atoms with Crippen LogP contribution in [0.25, 0.3) is 10.1 Å². The van der Waals surface area contributed by atoms with Crippen LogP contribution in [0.15, 0.2) is 71.7 Å². The Morgan fingerprint density at radius 3 is 2.75 bits per heavy atom. The molecule has 2 aliphatic heterocycles. The molecule has 1 N–H and O–H groups in total. The number of benzene rings is 3.